The van der Waals surface area contributed by atoms with Gasteiger partial charge in [0.05, 0.1) is 11.6 Å². The minimum atomic E-state index is 0.199. The molecule has 0 aliphatic carbocycles. The van der Waals surface area contributed by atoms with Gasteiger partial charge in [-0.2, -0.15) is 0 Å². The van der Waals surface area contributed by atoms with E-state index in [4.69, 9.17) is 27.9 Å². The zero-order valence-corrected chi connectivity index (χ0v) is 13.4. The maximum atomic E-state index is 6.04. The number of hydrogen-bond donors (Lipinski definition) is 1. The van der Waals surface area contributed by atoms with Gasteiger partial charge in [-0.3, -0.25) is 0 Å². The average molecular weight is 304 g/mol. The van der Waals surface area contributed by atoms with Crippen LogP contribution in [0.2, 0.25) is 10.0 Å². The minimum Gasteiger partial charge on any atom is -0.492 e. The van der Waals surface area contributed by atoms with Crippen molar-refractivity contribution in [2.24, 2.45) is 0 Å². The van der Waals surface area contributed by atoms with Crippen LogP contribution in [0.1, 0.15) is 40.0 Å². The van der Waals surface area contributed by atoms with Gasteiger partial charge in [-0.25, -0.2) is 0 Å². The van der Waals surface area contributed by atoms with E-state index < -0.39 is 0 Å². The lowest BCUT2D eigenvalue weighted by Gasteiger charge is -2.20. The summed E-state index contributed by atoms with van der Waals surface area (Å²) in [5.41, 5.74) is 0.199. The van der Waals surface area contributed by atoms with Gasteiger partial charge >= 0.3 is 0 Å². The molecule has 0 unspecified atom stereocenters. The van der Waals surface area contributed by atoms with Crippen LogP contribution in [0.3, 0.4) is 0 Å². The van der Waals surface area contributed by atoms with Crippen LogP contribution in [0.4, 0.5) is 0 Å². The van der Waals surface area contributed by atoms with Crippen molar-refractivity contribution in [3.63, 3.8) is 0 Å². The standard InChI is InChI=1S/C15H23Cl2NO/c1-15(2,3)18-10-5-4-6-11-19-13-9-7-8-12(16)14(13)17/h7-9,18H,4-6,10-11H2,1-3H3. The third kappa shape index (κ3) is 7.05. The molecule has 0 saturated heterocycles. The van der Waals surface area contributed by atoms with E-state index in [9.17, 15) is 0 Å². The number of ether oxygens (including phenoxy) is 1. The maximum absolute atomic E-state index is 6.04. The first-order valence-electron chi connectivity index (χ1n) is 6.72. The van der Waals surface area contributed by atoms with Crippen molar-refractivity contribution < 1.29 is 4.74 Å². The molecule has 19 heavy (non-hydrogen) atoms. The molecule has 2 nitrogen and oxygen atoms in total. The van der Waals surface area contributed by atoms with Crippen molar-refractivity contribution in [2.45, 2.75) is 45.6 Å². The largest absolute Gasteiger partial charge is 0.492 e. The minimum absolute atomic E-state index is 0.199. The molecule has 0 heterocycles. The number of nitrogens with one attached hydrogen (secondary N) is 1. The van der Waals surface area contributed by atoms with Gasteiger partial charge in [0.2, 0.25) is 0 Å². The first kappa shape index (κ1) is 16.6. The summed E-state index contributed by atoms with van der Waals surface area (Å²) in [6.07, 6.45) is 3.32. The Morgan fingerprint density at radius 3 is 2.53 bits per heavy atom. The summed E-state index contributed by atoms with van der Waals surface area (Å²) >= 11 is 12.0. The lowest BCUT2D eigenvalue weighted by Crippen LogP contribution is -2.36. The van der Waals surface area contributed by atoms with E-state index >= 15 is 0 Å². The molecule has 0 saturated carbocycles. The highest BCUT2D eigenvalue weighted by atomic mass is 35.5. The summed E-state index contributed by atoms with van der Waals surface area (Å²) in [5.74, 6) is 0.669. The Balaban J connectivity index is 2.13. The van der Waals surface area contributed by atoms with Crippen molar-refractivity contribution in [3.8, 4) is 5.75 Å². The quantitative estimate of drug-likeness (QED) is 0.721. The van der Waals surface area contributed by atoms with E-state index in [1.54, 1.807) is 6.07 Å². The highest BCUT2D eigenvalue weighted by Gasteiger charge is 2.07. The summed E-state index contributed by atoms with van der Waals surface area (Å²) in [6, 6.07) is 5.45. The Morgan fingerprint density at radius 1 is 1.11 bits per heavy atom. The predicted molar refractivity (Wildman–Crippen MR) is 83.6 cm³/mol. The lowest BCUT2D eigenvalue weighted by atomic mass is 10.1. The summed E-state index contributed by atoms with van der Waals surface area (Å²) in [7, 11) is 0. The smallest absolute Gasteiger partial charge is 0.139 e. The van der Waals surface area contributed by atoms with Gasteiger partial charge in [0.25, 0.3) is 0 Å². The summed E-state index contributed by atoms with van der Waals surface area (Å²) < 4.78 is 5.63. The molecule has 4 heteroatoms. The summed E-state index contributed by atoms with van der Waals surface area (Å²) in [5, 5.41) is 4.50. The highest BCUT2D eigenvalue weighted by molar-refractivity contribution is 6.42. The van der Waals surface area contributed by atoms with E-state index in [-0.39, 0.29) is 5.54 Å². The molecule has 1 aromatic rings. The molecular weight excluding hydrogens is 281 g/mol. The molecule has 0 aliphatic rings. The number of halogens is 2. The second-order valence-corrected chi connectivity index (χ2v) is 6.42. The number of rotatable bonds is 7. The fourth-order valence-electron chi connectivity index (χ4n) is 1.64. The van der Waals surface area contributed by atoms with E-state index in [1.165, 1.54) is 0 Å². The van der Waals surface area contributed by atoms with Crippen LogP contribution in [0.5, 0.6) is 5.75 Å². The Hall–Kier alpha value is -0.440. The molecule has 0 aliphatic heterocycles. The van der Waals surface area contributed by atoms with Gasteiger partial charge in [-0.05, 0) is 58.7 Å². The maximum Gasteiger partial charge on any atom is 0.139 e. The van der Waals surface area contributed by atoms with Crippen LogP contribution < -0.4 is 10.1 Å². The van der Waals surface area contributed by atoms with Crippen molar-refractivity contribution in [1.29, 1.82) is 0 Å². The molecule has 0 bridgehead atoms. The van der Waals surface area contributed by atoms with Gasteiger partial charge in [0, 0.05) is 5.54 Å². The molecule has 0 amide bonds. The molecule has 1 N–H and O–H groups in total. The first-order chi connectivity index (χ1) is 8.90. The van der Waals surface area contributed by atoms with E-state index in [0.717, 1.165) is 25.8 Å². The Kier molecular flexibility index (Phi) is 6.98. The topological polar surface area (TPSA) is 21.3 Å². The molecule has 0 spiro atoms. The van der Waals surface area contributed by atoms with Crippen LogP contribution in [0.25, 0.3) is 0 Å². The Bertz CT molecular complexity index is 388. The van der Waals surface area contributed by atoms with Crippen molar-refractivity contribution in [2.75, 3.05) is 13.2 Å². The molecule has 0 fully saturated rings. The SMILES string of the molecule is CC(C)(C)NCCCCCOc1cccc(Cl)c1Cl. The van der Waals surface area contributed by atoms with Crippen LogP contribution in [0, 0.1) is 0 Å². The third-order valence-electron chi connectivity index (χ3n) is 2.65. The molecule has 108 valence electrons. The molecule has 1 rings (SSSR count). The molecule has 0 atom stereocenters. The van der Waals surface area contributed by atoms with Crippen molar-refractivity contribution in [1.82, 2.24) is 5.32 Å². The second kappa shape index (κ2) is 7.98. The van der Waals surface area contributed by atoms with Crippen LogP contribution in [-0.4, -0.2) is 18.7 Å². The normalized spacial score (nSPS) is 11.6. The average Bonchev–Trinajstić information content (AvgIpc) is 2.31. The fourth-order valence-corrected chi connectivity index (χ4v) is 1.99. The monoisotopic (exact) mass is 303 g/mol. The Morgan fingerprint density at radius 2 is 1.84 bits per heavy atom. The number of hydrogen-bond acceptors (Lipinski definition) is 2. The molecule has 1 aromatic carbocycles. The third-order valence-corrected chi connectivity index (χ3v) is 3.45. The van der Waals surface area contributed by atoms with Gasteiger partial charge in [-0.15, -0.1) is 0 Å². The van der Waals surface area contributed by atoms with Gasteiger partial charge in [0.15, 0.2) is 0 Å². The van der Waals surface area contributed by atoms with Crippen molar-refractivity contribution >= 4 is 23.2 Å². The van der Waals surface area contributed by atoms with Crippen LogP contribution in [0.15, 0.2) is 18.2 Å². The zero-order chi connectivity index (χ0) is 14.3. The molecular formula is C15H23Cl2NO. The first-order valence-corrected chi connectivity index (χ1v) is 7.47. The molecule has 0 aromatic heterocycles. The van der Waals surface area contributed by atoms with E-state index in [1.807, 2.05) is 12.1 Å². The van der Waals surface area contributed by atoms with Crippen LogP contribution in [-0.2, 0) is 0 Å². The number of unbranched alkanes of at least 4 members (excludes halogenated alkanes) is 2. The van der Waals surface area contributed by atoms with E-state index in [0.29, 0.717) is 22.4 Å². The fraction of sp³-hybridized carbons (Fsp3) is 0.600. The van der Waals surface area contributed by atoms with E-state index in [2.05, 4.69) is 26.1 Å². The predicted octanol–water partition coefficient (Wildman–Crippen LogP) is 4.93. The van der Waals surface area contributed by atoms with Gasteiger partial charge < -0.3 is 10.1 Å². The second-order valence-electron chi connectivity index (χ2n) is 5.64. The van der Waals surface area contributed by atoms with Gasteiger partial charge in [0.1, 0.15) is 10.8 Å². The summed E-state index contributed by atoms with van der Waals surface area (Å²) in [4.78, 5) is 0. The summed E-state index contributed by atoms with van der Waals surface area (Å²) in [6.45, 7) is 8.25. The highest BCUT2D eigenvalue weighted by Crippen LogP contribution is 2.31. The lowest BCUT2D eigenvalue weighted by molar-refractivity contribution is 0.303. The number of benzene rings is 1. The van der Waals surface area contributed by atoms with Crippen LogP contribution >= 0.6 is 23.2 Å². The van der Waals surface area contributed by atoms with Gasteiger partial charge in [-0.1, -0.05) is 29.3 Å². The van der Waals surface area contributed by atoms with Crippen molar-refractivity contribution in [3.05, 3.63) is 28.2 Å². The molecule has 0 radical (unpaired) electrons. The zero-order valence-electron chi connectivity index (χ0n) is 11.9. The Labute approximate surface area is 126 Å².